The van der Waals surface area contributed by atoms with Gasteiger partial charge in [-0.05, 0) is 12.1 Å². The number of rotatable bonds is 4. The summed E-state index contributed by atoms with van der Waals surface area (Å²) in [5, 5.41) is 6.88. The second kappa shape index (κ2) is 5.18. The second-order valence-electron chi connectivity index (χ2n) is 3.13. The first kappa shape index (κ1) is 11.2. The predicted octanol–water partition coefficient (Wildman–Crippen LogP) is 3.42. The van der Waals surface area contributed by atoms with Gasteiger partial charge in [0.15, 0.2) is 0 Å². The van der Waals surface area contributed by atoms with Crippen LogP contribution in [0.3, 0.4) is 0 Å². The molecule has 1 aromatic heterocycles. The number of anilines is 1. The molecular formula is C11H11ClN2OS. The third-order valence-electron chi connectivity index (χ3n) is 2.09. The first-order chi connectivity index (χ1) is 7.79. The van der Waals surface area contributed by atoms with Gasteiger partial charge in [-0.3, -0.25) is 0 Å². The highest BCUT2D eigenvalue weighted by Crippen LogP contribution is 2.27. The quantitative estimate of drug-likeness (QED) is 0.908. The lowest BCUT2D eigenvalue weighted by Crippen LogP contribution is -1.99. The Bertz CT molecular complexity index is 459. The zero-order chi connectivity index (χ0) is 11.4. The van der Waals surface area contributed by atoms with E-state index in [1.165, 1.54) is 0 Å². The van der Waals surface area contributed by atoms with Crippen molar-refractivity contribution in [1.29, 1.82) is 0 Å². The zero-order valence-electron chi connectivity index (χ0n) is 8.74. The van der Waals surface area contributed by atoms with Crippen molar-refractivity contribution in [3.8, 4) is 5.75 Å². The van der Waals surface area contributed by atoms with Crippen LogP contribution >= 0.6 is 22.9 Å². The molecule has 0 atom stereocenters. The molecule has 16 heavy (non-hydrogen) atoms. The van der Waals surface area contributed by atoms with Crippen LogP contribution in [-0.4, -0.2) is 12.1 Å². The van der Waals surface area contributed by atoms with Crippen LogP contribution < -0.4 is 10.1 Å². The highest BCUT2D eigenvalue weighted by atomic mass is 35.5. The average molecular weight is 255 g/mol. The number of halogens is 1. The molecule has 2 rings (SSSR count). The van der Waals surface area contributed by atoms with Gasteiger partial charge in [-0.25, -0.2) is 4.98 Å². The van der Waals surface area contributed by atoms with Crippen LogP contribution in [-0.2, 0) is 6.54 Å². The molecule has 0 aliphatic heterocycles. The molecule has 0 aliphatic carbocycles. The van der Waals surface area contributed by atoms with Gasteiger partial charge in [0, 0.05) is 17.6 Å². The van der Waals surface area contributed by atoms with E-state index in [1.807, 2.05) is 23.6 Å². The van der Waals surface area contributed by atoms with Crippen LogP contribution in [0.1, 0.15) is 5.01 Å². The number of nitrogens with one attached hydrogen (secondary N) is 1. The number of thiazole rings is 1. The number of ether oxygens (including phenoxy) is 1. The van der Waals surface area contributed by atoms with Crippen molar-refractivity contribution < 1.29 is 4.74 Å². The van der Waals surface area contributed by atoms with E-state index in [4.69, 9.17) is 16.3 Å². The maximum absolute atomic E-state index is 6.06. The number of aromatic nitrogens is 1. The van der Waals surface area contributed by atoms with Gasteiger partial charge in [0.25, 0.3) is 0 Å². The van der Waals surface area contributed by atoms with E-state index in [-0.39, 0.29) is 0 Å². The molecule has 0 fully saturated rings. The van der Waals surface area contributed by atoms with Crippen LogP contribution in [0.2, 0.25) is 5.02 Å². The fraction of sp³-hybridized carbons (Fsp3) is 0.182. The Morgan fingerprint density at radius 1 is 1.50 bits per heavy atom. The normalized spacial score (nSPS) is 10.1. The number of benzene rings is 1. The van der Waals surface area contributed by atoms with E-state index in [0.29, 0.717) is 11.6 Å². The fourth-order valence-corrected chi connectivity index (χ4v) is 2.02. The maximum atomic E-state index is 6.06. The molecule has 5 heteroatoms. The molecule has 0 unspecified atom stereocenters. The Morgan fingerprint density at radius 3 is 3.06 bits per heavy atom. The van der Waals surface area contributed by atoms with Crippen molar-refractivity contribution in [2.24, 2.45) is 0 Å². The molecule has 0 aliphatic rings. The SMILES string of the molecule is COc1ccc(Cl)c(NCc2nccs2)c1. The van der Waals surface area contributed by atoms with Crippen molar-refractivity contribution in [1.82, 2.24) is 4.98 Å². The monoisotopic (exact) mass is 254 g/mol. The first-order valence-corrected chi connectivity index (χ1v) is 6.01. The number of nitrogens with zero attached hydrogens (tertiary/aromatic N) is 1. The lowest BCUT2D eigenvalue weighted by molar-refractivity contribution is 0.415. The Labute approximate surface area is 103 Å². The van der Waals surface area contributed by atoms with Gasteiger partial charge < -0.3 is 10.1 Å². The van der Waals surface area contributed by atoms with E-state index >= 15 is 0 Å². The third-order valence-corrected chi connectivity index (χ3v) is 3.20. The molecular weight excluding hydrogens is 244 g/mol. The Kier molecular flexibility index (Phi) is 3.64. The van der Waals surface area contributed by atoms with Gasteiger partial charge in [-0.2, -0.15) is 0 Å². The van der Waals surface area contributed by atoms with E-state index < -0.39 is 0 Å². The molecule has 3 nitrogen and oxygen atoms in total. The van der Waals surface area contributed by atoms with E-state index in [9.17, 15) is 0 Å². The van der Waals surface area contributed by atoms with Crippen LogP contribution in [0.25, 0.3) is 0 Å². The second-order valence-corrected chi connectivity index (χ2v) is 4.51. The van der Waals surface area contributed by atoms with Crippen molar-refractivity contribution in [2.45, 2.75) is 6.54 Å². The van der Waals surface area contributed by atoms with Crippen molar-refractivity contribution in [3.05, 3.63) is 39.8 Å². The lowest BCUT2D eigenvalue weighted by atomic mass is 10.3. The van der Waals surface area contributed by atoms with Gasteiger partial charge in [0.2, 0.25) is 0 Å². The largest absolute Gasteiger partial charge is 0.497 e. The molecule has 0 saturated heterocycles. The minimum Gasteiger partial charge on any atom is -0.497 e. The van der Waals surface area contributed by atoms with Gasteiger partial charge in [0.05, 0.1) is 24.4 Å². The molecule has 0 radical (unpaired) electrons. The lowest BCUT2D eigenvalue weighted by Gasteiger charge is -2.08. The molecule has 1 aromatic carbocycles. The Morgan fingerprint density at radius 2 is 2.38 bits per heavy atom. The van der Waals surface area contributed by atoms with E-state index in [2.05, 4.69) is 10.3 Å². The van der Waals surface area contributed by atoms with Crippen LogP contribution in [0.4, 0.5) is 5.69 Å². The molecule has 0 spiro atoms. The van der Waals surface area contributed by atoms with Crippen molar-refractivity contribution in [2.75, 3.05) is 12.4 Å². The predicted molar refractivity (Wildman–Crippen MR) is 67.4 cm³/mol. The van der Waals surface area contributed by atoms with E-state index in [1.54, 1.807) is 24.6 Å². The minimum absolute atomic E-state index is 0.671. The fourth-order valence-electron chi connectivity index (χ4n) is 1.28. The maximum Gasteiger partial charge on any atom is 0.121 e. The summed E-state index contributed by atoms with van der Waals surface area (Å²) in [6.45, 7) is 0.671. The summed E-state index contributed by atoms with van der Waals surface area (Å²) in [6, 6.07) is 5.51. The van der Waals surface area contributed by atoms with Crippen LogP contribution in [0, 0.1) is 0 Å². The molecule has 0 amide bonds. The zero-order valence-corrected chi connectivity index (χ0v) is 10.3. The molecule has 1 N–H and O–H groups in total. The number of hydrogen-bond donors (Lipinski definition) is 1. The van der Waals surface area contributed by atoms with E-state index in [0.717, 1.165) is 16.4 Å². The number of methoxy groups -OCH3 is 1. The standard InChI is InChI=1S/C11H11ClN2OS/c1-15-8-2-3-9(12)10(6-8)14-7-11-13-4-5-16-11/h2-6,14H,7H2,1H3. The number of hydrogen-bond acceptors (Lipinski definition) is 4. The summed E-state index contributed by atoms with van der Waals surface area (Å²) in [4.78, 5) is 4.19. The molecule has 1 heterocycles. The topological polar surface area (TPSA) is 34.1 Å². The highest BCUT2D eigenvalue weighted by Gasteiger charge is 2.03. The van der Waals surface area contributed by atoms with Gasteiger partial charge >= 0.3 is 0 Å². The van der Waals surface area contributed by atoms with Crippen molar-refractivity contribution >= 4 is 28.6 Å². The summed E-state index contributed by atoms with van der Waals surface area (Å²) in [6.07, 6.45) is 1.79. The smallest absolute Gasteiger partial charge is 0.121 e. The minimum atomic E-state index is 0.671. The summed E-state index contributed by atoms with van der Waals surface area (Å²) < 4.78 is 5.14. The summed E-state index contributed by atoms with van der Waals surface area (Å²) in [5.41, 5.74) is 0.858. The van der Waals surface area contributed by atoms with Gasteiger partial charge in [-0.15, -0.1) is 11.3 Å². The van der Waals surface area contributed by atoms with Gasteiger partial charge in [-0.1, -0.05) is 11.6 Å². The summed E-state index contributed by atoms with van der Waals surface area (Å²) in [7, 11) is 1.63. The average Bonchev–Trinajstić information content (AvgIpc) is 2.81. The third kappa shape index (κ3) is 2.65. The van der Waals surface area contributed by atoms with Crippen LogP contribution in [0.15, 0.2) is 29.8 Å². The van der Waals surface area contributed by atoms with Gasteiger partial charge in [0.1, 0.15) is 10.8 Å². The molecule has 84 valence electrons. The molecule has 0 saturated carbocycles. The Hall–Kier alpha value is -1.26. The highest BCUT2D eigenvalue weighted by molar-refractivity contribution is 7.09. The summed E-state index contributed by atoms with van der Waals surface area (Å²) >= 11 is 7.67. The van der Waals surface area contributed by atoms with Crippen LogP contribution in [0.5, 0.6) is 5.75 Å². The first-order valence-electron chi connectivity index (χ1n) is 4.75. The Balaban J connectivity index is 2.08. The van der Waals surface area contributed by atoms with Crippen molar-refractivity contribution in [3.63, 3.8) is 0 Å². The molecule has 0 bridgehead atoms. The molecule has 2 aromatic rings. The summed E-state index contributed by atoms with van der Waals surface area (Å²) in [5.74, 6) is 0.783.